The average molecular weight is 195 g/mol. The molecule has 0 fully saturated rings. The van der Waals surface area contributed by atoms with Gasteiger partial charge in [-0.1, -0.05) is 0 Å². The topological polar surface area (TPSA) is 53.1 Å². The van der Waals surface area contributed by atoms with Crippen molar-refractivity contribution in [3.63, 3.8) is 0 Å². The zero-order chi connectivity index (χ0) is 9.42. The molecule has 0 radical (unpaired) electrons. The smallest absolute Gasteiger partial charge is 0.255 e. The minimum atomic E-state index is -0.202. The molecule has 2 aromatic rings. The van der Waals surface area contributed by atoms with Crippen LogP contribution >= 0.6 is 11.3 Å². The molecule has 68 valence electrons. The molecule has 13 heavy (non-hydrogen) atoms. The van der Waals surface area contributed by atoms with E-state index in [2.05, 4.69) is 4.98 Å². The molecular formula is C9H9NO2S. The van der Waals surface area contributed by atoms with Gasteiger partial charge in [-0.05, 0) is 18.4 Å². The molecule has 0 bridgehead atoms. The van der Waals surface area contributed by atoms with Crippen LogP contribution in [0.4, 0.5) is 0 Å². The van der Waals surface area contributed by atoms with Crippen LogP contribution in [-0.2, 0) is 6.61 Å². The predicted octanol–water partition coefficient (Wildman–Crippen LogP) is 1.39. The lowest BCUT2D eigenvalue weighted by Gasteiger charge is -2.00. The molecule has 0 spiro atoms. The third kappa shape index (κ3) is 1.18. The summed E-state index contributed by atoms with van der Waals surface area (Å²) < 4.78 is 0.892. The SMILES string of the molecule is Cc1[nH]c(=O)c(CO)c2sccc12. The highest BCUT2D eigenvalue weighted by Crippen LogP contribution is 2.23. The number of nitrogens with one attached hydrogen (secondary N) is 1. The van der Waals surface area contributed by atoms with E-state index in [1.807, 2.05) is 18.4 Å². The summed E-state index contributed by atoms with van der Waals surface area (Å²) in [6.45, 7) is 1.66. The van der Waals surface area contributed by atoms with Crippen LogP contribution < -0.4 is 5.56 Å². The molecule has 0 aliphatic rings. The molecule has 0 aliphatic heterocycles. The second-order valence-corrected chi connectivity index (χ2v) is 3.80. The molecule has 0 saturated heterocycles. The van der Waals surface area contributed by atoms with Gasteiger partial charge in [-0.15, -0.1) is 11.3 Å². The Labute approximate surface area is 78.7 Å². The molecule has 2 rings (SSSR count). The molecule has 0 amide bonds. The van der Waals surface area contributed by atoms with Gasteiger partial charge in [0.1, 0.15) is 0 Å². The number of H-pyrrole nitrogens is 1. The highest BCUT2D eigenvalue weighted by molar-refractivity contribution is 7.17. The lowest BCUT2D eigenvalue weighted by molar-refractivity contribution is 0.282. The van der Waals surface area contributed by atoms with Crippen LogP contribution in [0.15, 0.2) is 16.2 Å². The van der Waals surface area contributed by atoms with Crippen LogP contribution in [-0.4, -0.2) is 10.1 Å². The standard InChI is InChI=1S/C9H9NO2S/c1-5-6-2-3-13-8(6)7(4-11)9(12)10-5/h2-3,11H,4H2,1H3,(H,10,12). The van der Waals surface area contributed by atoms with Gasteiger partial charge in [-0.3, -0.25) is 4.79 Å². The number of fused-ring (bicyclic) bond motifs is 1. The fraction of sp³-hybridized carbons (Fsp3) is 0.222. The summed E-state index contributed by atoms with van der Waals surface area (Å²) in [5.74, 6) is 0. The molecule has 2 aromatic heterocycles. The van der Waals surface area contributed by atoms with Crippen LogP contribution in [0.2, 0.25) is 0 Å². The normalized spacial score (nSPS) is 10.9. The number of hydrogen-bond acceptors (Lipinski definition) is 3. The van der Waals surface area contributed by atoms with E-state index in [0.717, 1.165) is 15.8 Å². The summed E-state index contributed by atoms with van der Waals surface area (Å²) in [6.07, 6.45) is 0. The van der Waals surface area contributed by atoms with E-state index >= 15 is 0 Å². The quantitative estimate of drug-likeness (QED) is 0.722. The Hall–Kier alpha value is -1.13. The third-order valence-electron chi connectivity index (χ3n) is 2.08. The zero-order valence-corrected chi connectivity index (χ0v) is 7.94. The number of rotatable bonds is 1. The van der Waals surface area contributed by atoms with E-state index in [1.54, 1.807) is 0 Å². The van der Waals surface area contributed by atoms with E-state index < -0.39 is 0 Å². The Balaban J connectivity index is 2.97. The van der Waals surface area contributed by atoms with Gasteiger partial charge in [0.15, 0.2) is 0 Å². The Kier molecular flexibility index (Phi) is 1.94. The van der Waals surface area contributed by atoms with Crippen LogP contribution in [0.3, 0.4) is 0 Å². The Bertz CT molecular complexity index is 498. The van der Waals surface area contributed by atoms with Crippen molar-refractivity contribution in [1.82, 2.24) is 4.98 Å². The average Bonchev–Trinajstić information content (AvgIpc) is 2.53. The third-order valence-corrected chi connectivity index (χ3v) is 3.05. The summed E-state index contributed by atoms with van der Waals surface area (Å²) in [4.78, 5) is 14.1. The molecule has 0 unspecified atom stereocenters. The summed E-state index contributed by atoms with van der Waals surface area (Å²) in [5, 5.41) is 12.0. The number of aliphatic hydroxyl groups excluding tert-OH is 1. The monoisotopic (exact) mass is 195 g/mol. The van der Waals surface area contributed by atoms with E-state index in [4.69, 9.17) is 5.11 Å². The zero-order valence-electron chi connectivity index (χ0n) is 7.13. The first-order valence-corrected chi connectivity index (χ1v) is 4.82. The van der Waals surface area contributed by atoms with Crippen LogP contribution in [0.5, 0.6) is 0 Å². The lowest BCUT2D eigenvalue weighted by atomic mass is 10.2. The van der Waals surface area contributed by atoms with Gasteiger partial charge >= 0.3 is 0 Å². The van der Waals surface area contributed by atoms with E-state index in [-0.39, 0.29) is 12.2 Å². The fourth-order valence-corrected chi connectivity index (χ4v) is 2.39. The van der Waals surface area contributed by atoms with Gasteiger partial charge in [0.05, 0.1) is 12.2 Å². The van der Waals surface area contributed by atoms with Crippen LogP contribution in [0.25, 0.3) is 10.1 Å². The van der Waals surface area contributed by atoms with Crippen molar-refractivity contribution in [2.24, 2.45) is 0 Å². The van der Waals surface area contributed by atoms with Gasteiger partial charge in [-0.25, -0.2) is 0 Å². The van der Waals surface area contributed by atoms with Gasteiger partial charge in [-0.2, -0.15) is 0 Å². The highest BCUT2D eigenvalue weighted by Gasteiger charge is 2.08. The van der Waals surface area contributed by atoms with Crippen molar-refractivity contribution in [2.75, 3.05) is 0 Å². The second-order valence-electron chi connectivity index (χ2n) is 2.88. The van der Waals surface area contributed by atoms with Crippen molar-refractivity contribution < 1.29 is 5.11 Å². The predicted molar refractivity (Wildman–Crippen MR) is 53.1 cm³/mol. The highest BCUT2D eigenvalue weighted by atomic mass is 32.1. The summed E-state index contributed by atoms with van der Waals surface area (Å²) in [6, 6.07) is 1.95. The molecule has 4 heteroatoms. The largest absolute Gasteiger partial charge is 0.391 e. The summed E-state index contributed by atoms with van der Waals surface area (Å²) in [5.41, 5.74) is 1.14. The number of thiophene rings is 1. The number of aliphatic hydroxyl groups is 1. The van der Waals surface area contributed by atoms with Gasteiger partial charge in [0, 0.05) is 15.8 Å². The van der Waals surface area contributed by atoms with Crippen LogP contribution in [0, 0.1) is 6.92 Å². The molecule has 0 atom stereocenters. The first kappa shape index (κ1) is 8.47. The summed E-state index contributed by atoms with van der Waals surface area (Å²) >= 11 is 1.49. The Morgan fingerprint density at radius 3 is 3.08 bits per heavy atom. The van der Waals surface area contributed by atoms with Crippen LogP contribution in [0.1, 0.15) is 11.3 Å². The van der Waals surface area contributed by atoms with E-state index in [1.165, 1.54) is 11.3 Å². The Morgan fingerprint density at radius 1 is 1.62 bits per heavy atom. The maximum absolute atomic E-state index is 11.4. The minimum Gasteiger partial charge on any atom is -0.391 e. The number of hydrogen-bond donors (Lipinski definition) is 2. The summed E-state index contributed by atoms with van der Waals surface area (Å²) in [7, 11) is 0. The van der Waals surface area contributed by atoms with E-state index in [9.17, 15) is 4.79 Å². The molecule has 0 aromatic carbocycles. The molecule has 3 nitrogen and oxygen atoms in total. The van der Waals surface area contributed by atoms with Crippen molar-refractivity contribution >= 4 is 21.4 Å². The maximum atomic E-state index is 11.4. The first-order valence-electron chi connectivity index (χ1n) is 3.94. The first-order chi connectivity index (χ1) is 6.24. The minimum absolute atomic E-state index is 0.185. The van der Waals surface area contributed by atoms with Crippen molar-refractivity contribution in [3.8, 4) is 0 Å². The molecule has 0 aliphatic carbocycles. The van der Waals surface area contributed by atoms with Crippen molar-refractivity contribution in [2.45, 2.75) is 13.5 Å². The molecule has 0 saturated carbocycles. The van der Waals surface area contributed by atoms with Crippen molar-refractivity contribution in [3.05, 3.63) is 33.1 Å². The van der Waals surface area contributed by atoms with Gasteiger partial charge in [0.2, 0.25) is 0 Å². The number of aryl methyl sites for hydroxylation is 1. The maximum Gasteiger partial charge on any atom is 0.255 e. The molecular weight excluding hydrogens is 186 g/mol. The van der Waals surface area contributed by atoms with E-state index in [0.29, 0.717) is 5.56 Å². The Morgan fingerprint density at radius 2 is 2.38 bits per heavy atom. The van der Waals surface area contributed by atoms with Gasteiger partial charge in [0.25, 0.3) is 5.56 Å². The molecule has 2 heterocycles. The fourth-order valence-electron chi connectivity index (χ4n) is 1.40. The second kappa shape index (κ2) is 2.97. The number of aromatic nitrogens is 1. The lowest BCUT2D eigenvalue weighted by Crippen LogP contribution is -2.13. The van der Waals surface area contributed by atoms with Gasteiger partial charge < -0.3 is 10.1 Å². The number of aromatic amines is 1. The number of pyridine rings is 1. The van der Waals surface area contributed by atoms with Crippen molar-refractivity contribution in [1.29, 1.82) is 0 Å². The molecule has 2 N–H and O–H groups in total.